The fourth-order valence-electron chi connectivity index (χ4n) is 2.15. The SMILES string of the molecule is CCNCc1ccc(N2CCCC2)nc1C. The molecule has 1 aromatic heterocycles. The maximum atomic E-state index is 4.69. The molecule has 0 amide bonds. The van der Waals surface area contributed by atoms with E-state index in [0.29, 0.717) is 0 Å². The number of hydrogen-bond acceptors (Lipinski definition) is 3. The van der Waals surface area contributed by atoms with Gasteiger partial charge in [0, 0.05) is 25.3 Å². The second-order valence-electron chi connectivity index (χ2n) is 4.39. The number of rotatable bonds is 4. The molecule has 88 valence electrons. The first kappa shape index (κ1) is 11.4. The van der Waals surface area contributed by atoms with E-state index >= 15 is 0 Å². The predicted molar refractivity (Wildman–Crippen MR) is 67.8 cm³/mol. The van der Waals surface area contributed by atoms with Crippen molar-refractivity contribution >= 4 is 5.82 Å². The standard InChI is InChI=1S/C13H21N3/c1-3-14-10-12-6-7-13(15-11(12)2)16-8-4-5-9-16/h6-7,14H,3-5,8-10H2,1-2H3. The van der Waals surface area contributed by atoms with E-state index in [4.69, 9.17) is 4.98 Å². The molecule has 3 nitrogen and oxygen atoms in total. The Hall–Kier alpha value is -1.09. The van der Waals surface area contributed by atoms with Gasteiger partial charge in [-0.25, -0.2) is 4.98 Å². The number of nitrogens with one attached hydrogen (secondary N) is 1. The first-order valence-corrected chi connectivity index (χ1v) is 6.23. The van der Waals surface area contributed by atoms with E-state index in [-0.39, 0.29) is 0 Å². The van der Waals surface area contributed by atoms with Crippen LogP contribution in [0.1, 0.15) is 31.0 Å². The third kappa shape index (κ3) is 2.53. The van der Waals surface area contributed by atoms with Crippen molar-refractivity contribution in [3.05, 3.63) is 23.4 Å². The van der Waals surface area contributed by atoms with E-state index in [1.165, 1.54) is 31.5 Å². The lowest BCUT2D eigenvalue weighted by molar-refractivity contribution is 0.719. The maximum Gasteiger partial charge on any atom is 0.128 e. The summed E-state index contributed by atoms with van der Waals surface area (Å²) in [4.78, 5) is 7.07. The van der Waals surface area contributed by atoms with E-state index in [0.717, 1.165) is 24.6 Å². The predicted octanol–water partition coefficient (Wildman–Crippen LogP) is 2.10. The summed E-state index contributed by atoms with van der Waals surface area (Å²) < 4.78 is 0. The quantitative estimate of drug-likeness (QED) is 0.840. The molecule has 1 N–H and O–H groups in total. The Morgan fingerprint density at radius 1 is 1.31 bits per heavy atom. The average Bonchev–Trinajstić information content (AvgIpc) is 2.81. The molecular weight excluding hydrogens is 198 g/mol. The molecule has 0 unspecified atom stereocenters. The summed E-state index contributed by atoms with van der Waals surface area (Å²) in [6.07, 6.45) is 2.61. The molecular formula is C13H21N3. The first-order valence-electron chi connectivity index (χ1n) is 6.23. The lowest BCUT2D eigenvalue weighted by Crippen LogP contribution is -2.20. The fraction of sp³-hybridized carbons (Fsp3) is 0.615. The summed E-state index contributed by atoms with van der Waals surface area (Å²) in [5, 5.41) is 3.34. The molecule has 2 rings (SSSR count). The highest BCUT2D eigenvalue weighted by molar-refractivity contribution is 5.42. The molecule has 2 heterocycles. The number of anilines is 1. The largest absolute Gasteiger partial charge is 0.357 e. The summed E-state index contributed by atoms with van der Waals surface area (Å²) in [5.41, 5.74) is 2.47. The zero-order valence-electron chi connectivity index (χ0n) is 10.3. The van der Waals surface area contributed by atoms with Gasteiger partial charge in [0.2, 0.25) is 0 Å². The van der Waals surface area contributed by atoms with E-state index in [2.05, 4.69) is 36.2 Å². The van der Waals surface area contributed by atoms with E-state index in [1.807, 2.05) is 0 Å². The van der Waals surface area contributed by atoms with Crippen molar-refractivity contribution < 1.29 is 0 Å². The zero-order valence-corrected chi connectivity index (χ0v) is 10.3. The average molecular weight is 219 g/mol. The van der Waals surface area contributed by atoms with E-state index in [1.54, 1.807) is 0 Å². The number of hydrogen-bond donors (Lipinski definition) is 1. The molecule has 0 bridgehead atoms. The molecule has 3 heteroatoms. The second-order valence-corrected chi connectivity index (χ2v) is 4.39. The Balaban J connectivity index is 2.09. The van der Waals surface area contributed by atoms with Crippen molar-refractivity contribution in [2.75, 3.05) is 24.5 Å². The molecule has 1 aliphatic heterocycles. The van der Waals surface area contributed by atoms with Gasteiger partial charge in [-0.15, -0.1) is 0 Å². The molecule has 0 spiro atoms. The maximum absolute atomic E-state index is 4.69. The molecule has 16 heavy (non-hydrogen) atoms. The number of pyridine rings is 1. The molecule has 0 aliphatic carbocycles. The van der Waals surface area contributed by atoms with Crippen LogP contribution in [0.3, 0.4) is 0 Å². The number of aromatic nitrogens is 1. The van der Waals surface area contributed by atoms with Crippen molar-refractivity contribution in [3.63, 3.8) is 0 Å². The van der Waals surface area contributed by atoms with Crippen LogP contribution < -0.4 is 10.2 Å². The lowest BCUT2D eigenvalue weighted by atomic mass is 10.2. The molecule has 1 saturated heterocycles. The third-order valence-corrected chi connectivity index (χ3v) is 3.18. The molecule has 0 aromatic carbocycles. The minimum Gasteiger partial charge on any atom is -0.357 e. The zero-order chi connectivity index (χ0) is 11.4. The normalized spacial score (nSPS) is 15.8. The van der Waals surface area contributed by atoms with E-state index in [9.17, 15) is 0 Å². The van der Waals surface area contributed by atoms with Gasteiger partial charge in [-0.2, -0.15) is 0 Å². The van der Waals surface area contributed by atoms with Gasteiger partial charge < -0.3 is 10.2 Å². The van der Waals surface area contributed by atoms with Gasteiger partial charge in [0.1, 0.15) is 5.82 Å². The third-order valence-electron chi connectivity index (χ3n) is 3.18. The summed E-state index contributed by atoms with van der Waals surface area (Å²) in [7, 11) is 0. The molecule has 1 fully saturated rings. The summed E-state index contributed by atoms with van der Waals surface area (Å²) in [6, 6.07) is 4.36. The number of aryl methyl sites for hydroxylation is 1. The Labute approximate surface area is 97.9 Å². The van der Waals surface area contributed by atoms with Crippen LogP contribution in [0.5, 0.6) is 0 Å². The van der Waals surface area contributed by atoms with Gasteiger partial charge >= 0.3 is 0 Å². The van der Waals surface area contributed by atoms with Crippen LogP contribution in [0.15, 0.2) is 12.1 Å². The van der Waals surface area contributed by atoms with Gasteiger partial charge in [-0.3, -0.25) is 0 Å². The van der Waals surface area contributed by atoms with Crippen LogP contribution in [0.2, 0.25) is 0 Å². The minimum absolute atomic E-state index is 0.926. The lowest BCUT2D eigenvalue weighted by Gasteiger charge is -2.17. The van der Waals surface area contributed by atoms with Crippen LogP contribution in [-0.4, -0.2) is 24.6 Å². The highest BCUT2D eigenvalue weighted by atomic mass is 15.2. The van der Waals surface area contributed by atoms with Crippen LogP contribution in [0.25, 0.3) is 0 Å². The Kier molecular flexibility index (Phi) is 3.78. The van der Waals surface area contributed by atoms with Crippen molar-refractivity contribution in [2.24, 2.45) is 0 Å². The monoisotopic (exact) mass is 219 g/mol. The van der Waals surface area contributed by atoms with Crippen molar-refractivity contribution in [2.45, 2.75) is 33.2 Å². The van der Waals surface area contributed by atoms with Gasteiger partial charge in [0.05, 0.1) is 0 Å². The van der Waals surface area contributed by atoms with Crippen molar-refractivity contribution in [3.8, 4) is 0 Å². The topological polar surface area (TPSA) is 28.2 Å². The van der Waals surface area contributed by atoms with Gasteiger partial charge in [0.25, 0.3) is 0 Å². The Morgan fingerprint density at radius 3 is 2.69 bits per heavy atom. The minimum atomic E-state index is 0.926. The summed E-state index contributed by atoms with van der Waals surface area (Å²) >= 11 is 0. The summed E-state index contributed by atoms with van der Waals surface area (Å²) in [5.74, 6) is 1.15. The molecule has 0 atom stereocenters. The number of nitrogens with zero attached hydrogens (tertiary/aromatic N) is 2. The van der Waals surface area contributed by atoms with Crippen LogP contribution in [0, 0.1) is 6.92 Å². The van der Waals surface area contributed by atoms with Crippen molar-refractivity contribution in [1.29, 1.82) is 0 Å². The van der Waals surface area contributed by atoms with Gasteiger partial charge in [-0.1, -0.05) is 13.0 Å². The molecule has 1 aliphatic rings. The van der Waals surface area contributed by atoms with Gasteiger partial charge in [-0.05, 0) is 37.9 Å². The molecule has 1 aromatic rings. The molecule has 0 radical (unpaired) electrons. The smallest absolute Gasteiger partial charge is 0.128 e. The van der Waals surface area contributed by atoms with Crippen molar-refractivity contribution in [1.82, 2.24) is 10.3 Å². The van der Waals surface area contributed by atoms with Crippen LogP contribution in [0.4, 0.5) is 5.82 Å². The Bertz CT molecular complexity index is 343. The molecule has 0 saturated carbocycles. The van der Waals surface area contributed by atoms with Gasteiger partial charge in [0.15, 0.2) is 0 Å². The van der Waals surface area contributed by atoms with E-state index < -0.39 is 0 Å². The second kappa shape index (κ2) is 5.30. The van der Waals surface area contributed by atoms with Crippen LogP contribution in [-0.2, 0) is 6.54 Å². The fourth-order valence-corrected chi connectivity index (χ4v) is 2.15. The highest BCUT2D eigenvalue weighted by Crippen LogP contribution is 2.19. The first-order chi connectivity index (χ1) is 7.81. The highest BCUT2D eigenvalue weighted by Gasteiger charge is 2.13. The van der Waals surface area contributed by atoms with Crippen LogP contribution >= 0.6 is 0 Å². The Morgan fingerprint density at radius 2 is 2.06 bits per heavy atom. The summed E-state index contributed by atoms with van der Waals surface area (Å²) in [6.45, 7) is 8.49.